The molecule has 4 nitrogen and oxygen atoms in total. The van der Waals surface area contributed by atoms with Crippen LogP contribution in [-0.2, 0) is 6.61 Å². The number of ether oxygens (including phenoxy) is 1. The maximum atomic E-state index is 12.1. The highest BCUT2D eigenvalue weighted by atomic mass is 79.9. The Kier molecular flexibility index (Phi) is 6.39. The first-order valence-corrected chi connectivity index (χ1v) is 9.27. The molecule has 3 rings (SSSR count). The lowest BCUT2D eigenvalue weighted by atomic mass is 10.1. The van der Waals surface area contributed by atoms with E-state index in [1.807, 2.05) is 73.7 Å². The van der Waals surface area contributed by atoms with Crippen molar-refractivity contribution in [3.05, 3.63) is 99.5 Å². The number of amides is 1. The van der Waals surface area contributed by atoms with Crippen molar-refractivity contribution < 1.29 is 9.53 Å². The van der Waals surface area contributed by atoms with Crippen LogP contribution < -0.4 is 10.2 Å². The summed E-state index contributed by atoms with van der Waals surface area (Å²) < 4.78 is 6.86. The van der Waals surface area contributed by atoms with Gasteiger partial charge in [0.1, 0.15) is 12.4 Å². The summed E-state index contributed by atoms with van der Waals surface area (Å²) in [5, 5.41) is 4.03. The first kappa shape index (κ1) is 18.9. The molecule has 0 radical (unpaired) electrons. The molecule has 0 atom stereocenters. The quantitative estimate of drug-likeness (QED) is 0.443. The molecule has 0 aromatic heterocycles. The van der Waals surface area contributed by atoms with Crippen molar-refractivity contribution in [1.82, 2.24) is 5.43 Å². The highest BCUT2D eigenvalue weighted by Gasteiger charge is 2.03. The van der Waals surface area contributed by atoms with Gasteiger partial charge in [0.15, 0.2) is 0 Å². The monoisotopic (exact) mass is 422 g/mol. The summed E-state index contributed by atoms with van der Waals surface area (Å²) in [6.45, 7) is 2.43. The van der Waals surface area contributed by atoms with E-state index in [1.165, 1.54) is 0 Å². The number of hydrogen-bond acceptors (Lipinski definition) is 3. The van der Waals surface area contributed by atoms with Gasteiger partial charge in [-0.15, -0.1) is 0 Å². The minimum absolute atomic E-state index is 0.238. The normalized spacial score (nSPS) is 10.7. The van der Waals surface area contributed by atoms with Gasteiger partial charge in [0, 0.05) is 10.0 Å². The Labute approximate surface area is 167 Å². The van der Waals surface area contributed by atoms with Gasteiger partial charge in [-0.25, -0.2) is 5.43 Å². The Balaban J connectivity index is 1.57. The molecule has 0 fully saturated rings. The molecule has 0 unspecified atom stereocenters. The largest absolute Gasteiger partial charge is 0.489 e. The predicted molar refractivity (Wildman–Crippen MR) is 111 cm³/mol. The minimum atomic E-state index is -0.238. The minimum Gasteiger partial charge on any atom is -0.489 e. The van der Waals surface area contributed by atoms with Crippen molar-refractivity contribution in [2.45, 2.75) is 13.5 Å². The fourth-order valence-electron chi connectivity index (χ4n) is 2.45. The van der Waals surface area contributed by atoms with Gasteiger partial charge in [0.25, 0.3) is 5.91 Å². The van der Waals surface area contributed by atoms with Crippen LogP contribution in [-0.4, -0.2) is 12.1 Å². The van der Waals surface area contributed by atoms with E-state index in [1.54, 1.807) is 12.3 Å². The Morgan fingerprint density at radius 1 is 1.07 bits per heavy atom. The van der Waals surface area contributed by atoms with E-state index in [9.17, 15) is 4.79 Å². The smallest absolute Gasteiger partial charge is 0.271 e. The highest BCUT2D eigenvalue weighted by Crippen LogP contribution is 2.16. The molecule has 5 heteroatoms. The van der Waals surface area contributed by atoms with Crippen LogP contribution in [0.2, 0.25) is 0 Å². The van der Waals surface area contributed by atoms with Crippen molar-refractivity contribution in [1.29, 1.82) is 0 Å². The van der Waals surface area contributed by atoms with Crippen molar-refractivity contribution in [2.24, 2.45) is 5.10 Å². The summed E-state index contributed by atoms with van der Waals surface area (Å²) in [6, 6.07) is 22.9. The maximum absolute atomic E-state index is 12.1. The van der Waals surface area contributed by atoms with E-state index in [4.69, 9.17) is 4.74 Å². The van der Waals surface area contributed by atoms with Gasteiger partial charge in [0.05, 0.1) is 6.21 Å². The molecule has 0 aliphatic rings. The zero-order valence-electron chi connectivity index (χ0n) is 14.9. The van der Waals surface area contributed by atoms with Crippen molar-refractivity contribution in [3.8, 4) is 5.75 Å². The number of aryl methyl sites for hydroxylation is 1. The van der Waals surface area contributed by atoms with Gasteiger partial charge in [-0.3, -0.25) is 4.79 Å². The zero-order chi connectivity index (χ0) is 19.1. The second-order valence-corrected chi connectivity index (χ2v) is 6.97. The van der Waals surface area contributed by atoms with Crippen LogP contribution in [0.4, 0.5) is 0 Å². The van der Waals surface area contributed by atoms with E-state index in [-0.39, 0.29) is 5.91 Å². The van der Waals surface area contributed by atoms with Crippen LogP contribution in [0.5, 0.6) is 5.75 Å². The van der Waals surface area contributed by atoms with Crippen LogP contribution >= 0.6 is 15.9 Å². The van der Waals surface area contributed by atoms with Crippen LogP contribution in [0.3, 0.4) is 0 Å². The van der Waals surface area contributed by atoms with Crippen LogP contribution in [0.1, 0.15) is 27.0 Å². The molecule has 0 spiro atoms. The molecule has 1 amide bonds. The Morgan fingerprint density at radius 2 is 1.85 bits per heavy atom. The fraction of sp³-hybridized carbons (Fsp3) is 0.0909. The van der Waals surface area contributed by atoms with E-state index in [2.05, 4.69) is 26.5 Å². The number of nitrogens with zero attached hydrogens (tertiary/aromatic N) is 1. The number of halogens is 1. The van der Waals surface area contributed by atoms with Gasteiger partial charge < -0.3 is 4.74 Å². The molecule has 136 valence electrons. The molecule has 1 N–H and O–H groups in total. The van der Waals surface area contributed by atoms with Gasteiger partial charge in [-0.05, 0) is 54.4 Å². The van der Waals surface area contributed by atoms with Gasteiger partial charge in [-0.2, -0.15) is 5.10 Å². The van der Waals surface area contributed by atoms with Gasteiger partial charge in [-0.1, -0.05) is 57.9 Å². The highest BCUT2D eigenvalue weighted by molar-refractivity contribution is 9.10. The van der Waals surface area contributed by atoms with Crippen LogP contribution in [0.25, 0.3) is 0 Å². The number of benzene rings is 3. The summed E-state index contributed by atoms with van der Waals surface area (Å²) in [5.74, 6) is 0.504. The van der Waals surface area contributed by atoms with Crippen molar-refractivity contribution in [3.63, 3.8) is 0 Å². The summed E-state index contributed by atoms with van der Waals surface area (Å²) in [7, 11) is 0. The number of carbonyl (C=O) groups is 1. The van der Waals surface area contributed by atoms with Crippen LogP contribution in [0, 0.1) is 6.92 Å². The van der Waals surface area contributed by atoms with Crippen molar-refractivity contribution in [2.75, 3.05) is 0 Å². The number of hydrazone groups is 1. The van der Waals surface area contributed by atoms with Gasteiger partial charge >= 0.3 is 0 Å². The SMILES string of the molecule is Cc1cccc(C(=O)N/N=C\c2cccc(OCc3ccc(Br)cc3)c2)c1. The third kappa shape index (κ3) is 5.79. The lowest BCUT2D eigenvalue weighted by Gasteiger charge is -2.07. The molecule has 0 bridgehead atoms. The van der Waals surface area contributed by atoms with E-state index >= 15 is 0 Å². The average molecular weight is 423 g/mol. The standard InChI is InChI=1S/C22H19BrN2O2/c1-16-4-2-6-19(12-16)22(26)25-24-14-18-5-3-7-21(13-18)27-15-17-8-10-20(23)11-9-17/h2-14H,15H2,1H3,(H,25,26)/b24-14-. The second kappa shape index (κ2) is 9.14. The lowest BCUT2D eigenvalue weighted by Crippen LogP contribution is -2.17. The predicted octanol–water partition coefficient (Wildman–Crippen LogP) is 5.10. The topological polar surface area (TPSA) is 50.7 Å². The molecule has 0 heterocycles. The van der Waals surface area contributed by atoms with E-state index < -0.39 is 0 Å². The van der Waals surface area contributed by atoms with Crippen molar-refractivity contribution >= 4 is 28.1 Å². The average Bonchev–Trinajstić information content (AvgIpc) is 2.68. The first-order valence-electron chi connectivity index (χ1n) is 8.47. The number of rotatable bonds is 6. The third-order valence-corrected chi connectivity index (χ3v) is 4.37. The fourth-order valence-corrected chi connectivity index (χ4v) is 2.71. The molecule has 3 aromatic rings. The third-order valence-electron chi connectivity index (χ3n) is 3.84. The molecule has 0 saturated carbocycles. The zero-order valence-corrected chi connectivity index (χ0v) is 16.4. The summed E-state index contributed by atoms with van der Waals surface area (Å²) in [4.78, 5) is 12.1. The second-order valence-electron chi connectivity index (χ2n) is 6.06. The first-order chi connectivity index (χ1) is 13.1. The van der Waals surface area contributed by atoms with E-state index in [0.717, 1.165) is 26.9 Å². The maximum Gasteiger partial charge on any atom is 0.271 e. The molecule has 0 aliphatic carbocycles. The molecular formula is C22H19BrN2O2. The molecule has 0 saturated heterocycles. The Hall–Kier alpha value is -2.92. The molecule has 3 aromatic carbocycles. The van der Waals surface area contributed by atoms with Crippen LogP contribution in [0.15, 0.2) is 82.4 Å². The number of hydrogen-bond donors (Lipinski definition) is 1. The molecule has 27 heavy (non-hydrogen) atoms. The number of nitrogens with one attached hydrogen (secondary N) is 1. The lowest BCUT2D eigenvalue weighted by molar-refractivity contribution is 0.0955. The summed E-state index contributed by atoms with van der Waals surface area (Å²) in [5.41, 5.74) is 6.08. The van der Waals surface area contributed by atoms with Gasteiger partial charge in [0.2, 0.25) is 0 Å². The Bertz CT molecular complexity index is 953. The molecular weight excluding hydrogens is 404 g/mol. The number of carbonyl (C=O) groups excluding carboxylic acids is 1. The summed E-state index contributed by atoms with van der Waals surface area (Å²) >= 11 is 3.42. The Morgan fingerprint density at radius 3 is 2.63 bits per heavy atom. The molecule has 0 aliphatic heterocycles. The summed E-state index contributed by atoms with van der Waals surface area (Å²) in [6.07, 6.45) is 1.60. The van der Waals surface area contributed by atoms with E-state index in [0.29, 0.717) is 12.2 Å².